The molecule has 1 atom stereocenters. The highest BCUT2D eigenvalue weighted by atomic mass is 19.1. The number of hydrogen-bond donors (Lipinski definition) is 4. The Bertz CT molecular complexity index is 1170. The fourth-order valence-electron chi connectivity index (χ4n) is 4.74. The van der Waals surface area contributed by atoms with Gasteiger partial charge in [0.1, 0.15) is 5.82 Å². The first-order chi connectivity index (χ1) is 16.2. The maximum Gasteiger partial charge on any atom is 0.256 e. The number of nitrogens with zero attached hydrogens (tertiary/aromatic N) is 1. The van der Waals surface area contributed by atoms with Gasteiger partial charge in [0.15, 0.2) is 0 Å². The predicted molar refractivity (Wildman–Crippen MR) is 129 cm³/mol. The van der Waals surface area contributed by atoms with E-state index in [0.29, 0.717) is 51.9 Å². The number of carbonyl (C=O) groups is 3. The number of aromatic amines is 1. The molecule has 4 N–H and O–H groups in total. The first kappa shape index (κ1) is 23.7. The Morgan fingerprint density at radius 1 is 1.26 bits per heavy atom. The summed E-state index contributed by atoms with van der Waals surface area (Å²) in [7, 11) is 2.10. The summed E-state index contributed by atoms with van der Waals surface area (Å²) in [6.07, 6.45) is 4.85. The average molecular weight is 468 g/mol. The lowest BCUT2D eigenvalue weighted by Gasteiger charge is -2.19. The summed E-state index contributed by atoms with van der Waals surface area (Å²) in [4.78, 5) is 42.8. The van der Waals surface area contributed by atoms with Gasteiger partial charge in [-0.1, -0.05) is 0 Å². The van der Waals surface area contributed by atoms with E-state index in [-0.39, 0.29) is 24.3 Å². The van der Waals surface area contributed by atoms with Gasteiger partial charge in [0.05, 0.1) is 17.7 Å². The number of likely N-dealkylation sites (tertiary alicyclic amines) is 1. The molecule has 180 valence electrons. The van der Waals surface area contributed by atoms with Crippen molar-refractivity contribution in [2.24, 2.45) is 0 Å². The van der Waals surface area contributed by atoms with E-state index in [1.165, 1.54) is 24.6 Å². The first-order valence-corrected chi connectivity index (χ1v) is 11.5. The smallest absolute Gasteiger partial charge is 0.256 e. The number of hydrogen-bond acceptors (Lipinski definition) is 4. The van der Waals surface area contributed by atoms with Crippen molar-refractivity contribution in [3.05, 3.63) is 52.1 Å². The Morgan fingerprint density at radius 3 is 2.79 bits per heavy atom. The summed E-state index contributed by atoms with van der Waals surface area (Å²) in [5.74, 6) is -1.37. The Kier molecular flexibility index (Phi) is 6.83. The molecule has 4 rings (SSSR count). The van der Waals surface area contributed by atoms with Crippen molar-refractivity contribution >= 4 is 35.1 Å². The number of aryl methyl sites for hydroxylation is 1. The van der Waals surface area contributed by atoms with E-state index in [4.69, 9.17) is 0 Å². The van der Waals surface area contributed by atoms with E-state index in [0.717, 1.165) is 19.4 Å². The lowest BCUT2D eigenvalue weighted by Crippen LogP contribution is -2.39. The molecule has 0 saturated carbocycles. The summed E-state index contributed by atoms with van der Waals surface area (Å²) in [5.41, 5.74) is 3.60. The van der Waals surface area contributed by atoms with Gasteiger partial charge in [-0.25, -0.2) is 4.39 Å². The van der Waals surface area contributed by atoms with Crippen LogP contribution in [0.3, 0.4) is 0 Å². The second kappa shape index (κ2) is 9.80. The van der Waals surface area contributed by atoms with Crippen LogP contribution in [0.5, 0.6) is 0 Å². The number of fused-ring (bicyclic) bond motifs is 1. The topological polar surface area (TPSA) is 106 Å². The van der Waals surface area contributed by atoms with Gasteiger partial charge in [0.25, 0.3) is 11.8 Å². The summed E-state index contributed by atoms with van der Waals surface area (Å²) in [5, 5.41) is 8.26. The SMILES string of the molecule is Cc1[nH]c(/C=C2\C(=O)Nc3ccc(F)cc32)c(C)c1C(=O)NCC(=O)NCCC1CCCN1C. The molecule has 1 fully saturated rings. The van der Waals surface area contributed by atoms with Gasteiger partial charge in [-0.2, -0.15) is 0 Å². The molecule has 1 aromatic carbocycles. The quantitative estimate of drug-likeness (QED) is 0.470. The zero-order valence-electron chi connectivity index (χ0n) is 19.7. The molecule has 0 radical (unpaired) electrons. The third kappa shape index (κ3) is 4.89. The predicted octanol–water partition coefficient (Wildman–Crippen LogP) is 2.59. The van der Waals surface area contributed by atoms with Crippen LogP contribution >= 0.6 is 0 Å². The minimum absolute atomic E-state index is 0.116. The van der Waals surface area contributed by atoms with E-state index in [1.807, 2.05) is 0 Å². The van der Waals surface area contributed by atoms with Crippen molar-refractivity contribution in [2.75, 3.05) is 32.0 Å². The Balaban J connectivity index is 1.39. The zero-order valence-corrected chi connectivity index (χ0v) is 19.7. The van der Waals surface area contributed by atoms with Crippen LogP contribution in [-0.4, -0.2) is 60.3 Å². The molecule has 2 aromatic rings. The number of benzene rings is 1. The molecule has 0 bridgehead atoms. The van der Waals surface area contributed by atoms with Crippen LogP contribution in [0.1, 0.15) is 52.1 Å². The number of carbonyl (C=O) groups excluding carboxylic acids is 3. The molecule has 2 aliphatic rings. The molecule has 3 heterocycles. The molecular formula is C25H30FN5O3. The second-order valence-electron chi connectivity index (χ2n) is 8.96. The maximum absolute atomic E-state index is 13.7. The number of H-pyrrole nitrogens is 1. The maximum atomic E-state index is 13.7. The molecule has 3 amide bonds. The summed E-state index contributed by atoms with van der Waals surface area (Å²) in [6, 6.07) is 4.61. The standard InChI is InChI=1S/C25H30FN5O3/c1-14-21(12-19-18-11-16(26)6-7-20(18)30-24(19)33)29-15(2)23(14)25(34)28-13-22(32)27-9-8-17-5-4-10-31(17)3/h6-7,11-12,17,29H,4-5,8-10,13H2,1-3H3,(H,27,32)(H,28,34)(H,30,33)/b19-12-. The van der Waals surface area contributed by atoms with Gasteiger partial charge in [-0.15, -0.1) is 0 Å². The van der Waals surface area contributed by atoms with Crippen molar-refractivity contribution < 1.29 is 18.8 Å². The Hall–Kier alpha value is -3.46. The molecule has 0 spiro atoms. The van der Waals surface area contributed by atoms with Crippen molar-refractivity contribution in [1.29, 1.82) is 0 Å². The van der Waals surface area contributed by atoms with Crippen molar-refractivity contribution in [2.45, 2.75) is 39.2 Å². The molecule has 9 heteroatoms. The van der Waals surface area contributed by atoms with Crippen LogP contribution < -0.4 is 16.0 Å². The van der Waals surface area contributed by atoms with Crippen LogP contribution in [0.2, 0.25) is 0 Å². The molecule has 1 unspecified atom stereocenters. The molecule has 1 saturated heterocycles. The minimum Gasteiger partial charge on any atom is -0.358 e. The van der Waals surface area contributed by atoms with Gasteiger partial charge in [0, 0.05) is 35.2 Å². The lowest BCUT2D eigenvalue weighted by molar-refractivity contribution is -0.120. The van der Waals surface area contributed by atoms with Gasteiger partial charge in [-0.05, 0) is 76.5 Å². The van der Waals surface area contributed by atoms with Gasteiger partial charge in [-0.3, -0.25) is 14.4 Å². The van der Waals surface area contributed by atoms with Crippen molar-refractivity contribution in [3.63, 3.8) is 0 Å². The third-order valence-electron chi connectivity index (χ3n) is 6.64. The summed E-state index contributed by atoms with van der Waals surface area (Å²) < 4.78 is 13.7. The zero-order chi connectivity index (χ0) is 24.4. The summed E-state index contributed by atoms with van der Waals surface area (Å²) >= 11 is 0. The average Bonchev–Trinajstić information content (AvgIpc) is 3.42. The molecule has 34 heavy (non-hydrogen) atoms. The van der Waals surface area contributed by atoms with Crippen LogP contribution in [0.15, 0.2) is 18.2 Å². The number of amides is 3. The van der Waals surface area contributed by atoms with Crippen LogP contribution in [0, 0.1) is 19.7 Å². The van der Waals surface area contributed by atoms with Crippen LogP contribution in [-0.2, 0) is 9.59 Å². The number of anilines is 1. The number of rotatable bonds is 7. The lowest BCUT2D eigenvalue weighted by atomic mass is 10.0. The fourth-order valence-corrected chi connectivity index (χ4v) is 4.74. The van der Waals surface area contributed by atoms with E-state index < -0.39 is 5.82 Å². The number of aromatic nitrogens is 1. The van der Waals surface area contributed by atoms with Crippen LogP contribution in [0.4, 0.5) is 10.1 Å². The molecule has 8 nitrogen and oxygen atoms in total. The van der Waals surface area contributed by atoms with E-state index in [2.05, 4.69) is 32.9 Å². The van der Waals surface area contributed by atoms with Gasteiger partial charge >= 0.3 is 0 Å². The second-order valence-corrected chi connectivity index (χ2v) is 8.96. The highest BCUT2D eigenvalue weighted by Crippen LogP contribution is 2.34. The molecule has 0 aliphatic carbocycles. The van der Waals surface area contributed by atoms with Gasteiger partial charge in [0.2, 0.25) is 5.91 Å². The number of nitrogens with one attached hydrogen (secondary N) is 4. The van der Waals surface area contributed by atoms with E-state index >= 15 is 0 Å². The fraction of sp³-hybridized carbons (Fsp3) is 0.400. The molecule has 2 aliphatic heterocycles. The highest BCUT2D eigenvalue weighted by Gasteiger charge is 2.26. The van der Waals surface area contributed by atoms with Gasteiger partial charge < -0.3 is 25.8 Å². The summed E-state index contributed by atoms with van der Waals surface area (Å²) in [6.45, 7) is 5.08. The number of halogens is 1. The first-order valence-electron chi connectivity index (χ1n) is 11.5. The highest BCUT2D eigenvalue weighted by molar-refractivity contribution is 6.34. The monoisotopic (exact) mass is 467 g/mol. The molecular weight excluding hydrogens is 437 g/mol. The van der Waals surface area contributed by atoms with Crippen LogP contribution in [0.25, 0.3) is 11.6 Å². The van der Waals surface area contributed by atoms with E-state index in [1.54, 1.807) is 19.9 Å². The van der Waals surface area contributed by atoms with Crippen molar-refractivity contribution in [1.82, 2.24) is 20.5 Å². The Morgan fingerprint density at radius 2 is 2.06 bits per heavy atom. The minimum atomic E-state index is -0.436. The Labute approximate surface area is 198 Å². The normalized spacial score (nSPS) is 18.8. The van der Waals surface area contributed by atoms with E-state index in [9.17, 15) is 18.8 Å². The largest absolute Gasteiger partial charge is 0.358 e. The van der Waals surface area contributed by atoms with Crippen molar-refractivity contribution in [3.8, 4) is 0 Å². The molecule has 1 aromatic heterocycles. The third-order valence-corrected chi connectivity index (χ3v) is 6.64.